The summed E-state index contributed by atoms with van der Waals surface area (Å²) in [7, 11) is -3.63. The summed E-state index contributed by atoms with van der Waals surface area (Å²) in [6, 6.07) is 10.6. The van der Waals surface area contributed by atoms with Crippen LogP contribution >= 0.6 is 0 Å². The molecule has 3 fully saturated rings. The number of aromatic nitrogens is 4. The van der Waals surface area contributed by atoms with Gasteiger partial charge in [0.15, 0.2) is 11.5 Å². The molecule has 0 amide bonds. The minimum absolute atomic E-state index is 0.00420. The van der Waals surface area contributed by atoms with Gasteiger partial charge < -0.3 is 19.5 Å². The first kappa shape index (κ1) is 27.4. The minimum Gasteiger partial charge on any atom is -0.377 e. The first-order valence-electron chi connectivity index (χ1n) is 14.9. The van der Waals surface area contributed by atoms with Crippen molar-refractivity contribution >= 4 is 32.8 Å². The molecule has 10 heteroatoms. The van der Waals surface area contributed by atoms with Gasteiger partial charge in [-0.3, -0.25) is 0 Å². The number of nitrogens with one attached hydrogen (secondary N) is 1. The number of morpholine rings is 1. The summed E-state index contributed by atoms with van der Waals surface area (Å²) >= 11 is 0. The van der Waals surface area contributed by atoms with Gasteiger partial charge >= 0.3 is 0 Å². The van der Waals surface area contributed by atoms with Crippen LogP contribution in [0.25, 0.3) is 11.2 Å². The fraction of sp³-hybridized carbons (Fsp3) is 0.633. The summed E-state index contributed by atoms with van der Waals surface area (Å²) < 4.78 is 33.6. The van der Waals surface area contributed by atoms with Crippen LogP contribution < -0.4 is 10.2 Å². The van der Waals surface area contributed by atoms with Crippen LogP contribution in [0.3, 0.4) is 0 Å². The van der Waals surface area contributed by atoms with Crippen molar-refractivity contribution in [1.82, 2.24) is 19.5 Å². The second-order valence-electron chi connectivity index (χ2n) is 12.3. The van der Waals surface area contributed by atoms with E-state index in [1.54, 1.807) is 0 Å². The molecule has 1 aliphatic heterocycles. The molecule has 1 saturated heterocycles. The summed E-state index contributed by atoms with van der Waals surface area (Å²) in [4.78, 5) is 16.6. The molecule has 3 heterocycles. The Kier molecular flexibility index (Phi) is 7.74. The highest BCUT2D eigenvalue weighted by atomic mass is 32.2. The van der Waals surface area contributed by atoms with Crippen molar-refractivity contribution in [3.8, 4) is 0 Å². The van der Waals surface area contributed by atoms with E-state index in [0.717, 1.165) is 23.9 Å². The number of sulfone groups is 1. The molecular formula is C30H42N6O3S. The van der Waals surface area contributed by atoms with E-state index in [2.05, 4.69) is 62.9 Å². The molecule has 216 valence electrons. The molecular weight excluding hydrogens is 524 g/mol. The van der Waals surface area contributed by atoms with Crippen LogP contribution in [0.4, 0.5) is 11.8 Å². The third-order valence-electron chi connectivity index (χ3n) is 9.26. The Bertz CT molecular complexity index is 1430. The topological polar surface area (TPSA) is 102 Å². The average molecular weight is 567 g/mol. The van der Waals surface area contributed by atoms with E-state index in [0.29, 0.717) is 43.1 Å². The Morgan fingerprint density at radius 2 is 1.80 bits per heavy atom. The quantitative estimate of drug-likeness (QED) is 0.370. The Balaban J connectivity index is 1.50. The van der Waals surface area contributed by atoms with Crippen molar-refractivity contribution in [3.05, 3.63) is 35.9 Å². The van der Waals surface area contributed by atoms with Gasteiger partial charge in [0.2, 0.25) is 15.8 Å². The smallest absolute Gasteiger partial charge is 0.250 e. The first-order chi connectivity index (χ1) is 19.3. The molecule has 3 aliphatic rings. The second kappa shape index (κ2) is 11.3. The van der Waals surface area contributed by atoms with Crippen molar-refractivity contribution in [2.24, 2.45) is 17.8 Å². The van der Waals surface area contributed by atoms with E-state index in [9.17, 15) is 8.42 Å². The van der Waals surface area contributed by atoms with Gasteiger partial charge in [-0.15, -0.1) is 0 Å². The number of fused-ring (bicyclic) bond motifs is 1. The Hall–Kier alpha value is -2.72. The van der Waals surface area contributed by atoms with Gasteiger partial charge in [-0.05, 0) is 55.9 Å². The van der Waals surface area contributed by atoms with Crippen LogP contribution in [0, 0.1) is 17.8 Å². The minimum atomic E-state index is -3.63. The molecule has 0 bridgehead atoms. The fourth-order valence-corrected chi connectivity index (χ4v) is 7.01. The number of nitrogens with zero attached hydrogens (tertiary/aromatic N) is 5. The number of imidazole rings is 1. The van der Waals surface area contributed by atoms with Crippen LogP contribution in [-0.4, -0.2) is 60.0 Å². The summed E-state index contributed by atoms with van der Waals surface area (Å²) in [5, 5.41) is 3.45. The summed E-state index contributed by atoms with van der Waals surface area (Å²) in [6.45, 7) is 7.20. The van der Waals surface area contributed by atoms with Gasteiger partial charge in [0, 0.05) is 25.4 Å². The van der Waals surface area contributed by atoms with Crippen LogP contribution in [0.1, 0.15) is 70.4 Å². The van der Waals surface area contributed by atoms with Crippen LogP contribution in [0.2, 0.25) is 0 Å². The van der Waals surface area contributed by atoms with Crippen LogP contribution in [0.15, 0.2) is 35.5 Å². The third kappa shape index (κ3) is 5.57. The third-order valence-corrected chi connectivity index (χ3v) is 10.1. The Labute approximate surface area is 237 Å². The predicted octanol–water partition coefficient (Wildman–Crippen LogP) is 5.23. The van der Waals surface area contributed by atoms with Gasteiger partial charge in [0.05, 0.1) is 19.3 Å². The number of ether oxygens (including phenoxy) is 1. The maximum atomic E-state index is 12.7. The molecule has 1 N–H and O–H groups in total. The molecule has 0 radical (unpaired) electrons. The number of hydrogen-bond acceptors (Lipinski definition) is 8. The highest BCUT2D eigenvalue weighted by Crippen LogP contribution is 2.38. The van der Waals surface area contributed by atoms with Crippen molar-refractivity contribution < 1.29 is 13.2 Å². The summed E-state index contributed by atoms with van der Waals surface area (Å²) in [5.41, 5.74) is 2.42. The maximum absolute atomic E-state index is 12.7. The second-order valence-corrected chi connectivity index (χ2v) is 14.2. The monoisotopic (exact) mass is 566 g/mol. The van der Waals surface area contributed by atoms with Crippen molar-refractivity contribution in [1.29, 1.82) is 0 Å². The van der Waals surface area contributed by atoms with Crippen molar-refractivity contribution in [2.75, 3.05) is 36.2 Å². The lowest BCUT2D eigenvalue weighted by Gasteiger charge is -2.37. The molecule has 40 heavy (non-hydrogen) atoms. The van der Waals surface area contributed by atoms with E-state index >= 15 is 0 Å². The largest absolute Gasteiger partial charge is 0.377 e. The van der Waals surface area contributed by atoms with Gasteiger partial charge in [0.25, 0.3) is 5.16 Å². The Morgan fingerprint density at radius 3 is 2.48 bits per heavy atom. The number of benzene rings is 1. The van der Waals surface area contributed by atoms with E-state index in [1.807, 2.05) is 6.07 Å². The van der Waals surface area contributed by atoms with E-state index < -0.39 is 9.84 Å². The van der Waals surface area contributed by atoms with Gasteiger partial charge in [-0.1, -0.05) is 56.5 Å². The normalized spacial score (nSPS) is 25.1. The predicted molar refractivity (Wildman–Crippen MR) is 157 cm³/mol. The molecule has 2 aliphatic carbocycles. The van der Waals surface area contributed by atoms with Crippen LogP contribution in [-0.2, 0) is 21.1 Å². The lowest BCUT2D eigenvalue weighted by Crippen LogP contribution is -2.41. The highest BCUT2D eigenvalue weighted by Gasteiger charge is 2.33. The molecule has 2 saturated carbocycles. The molecule has 6 rings (SSSR count). The summed E-state index contributed by atoms with van der Waals surface area (Å²) in [5.74, 6) is 3.25. The molecule has 2 atom stereocenters. The molecule has 9 nitrogen and oxygen atoms in total. The van der Waals surface area contributed by atoms with Gasteiger partial charge in [0.1, 0.15) is 5.52 Å². The first-order valence-corrected chi connectivity index (χ1v) is 16.8. The zero-order valence-corrected chi connectivity index (χ0v) is 24.7. The average Bonchev–Trinajstić information content (AvgIpc) is 3.27. The number of hydrogen-bond donors (Lipinski definition) is 1. The van der Waals surface area contributed by atoms with Crippen molar-refractivity contribution in [2.45, 2.75) is 82.6 Å². The van der Waals surface area contributed by atoms with Crippen LogP contribution in [0.5, 0.6) is 0 Å². The number of anilines is 2. The highest BCUT2D eigenvalue weighted by molar-refractivity contribution is 7.90. The molecule has 2 aromatic heterocycles. The molecule has 0 spiro atoms. The lowest BCUT2D eigenvalue weighted by molar-refractivity contribution is 0.0927. The molecule has 0 unspecified atom stereocenters. The van der Waals surface area contributed by atoms with Gasteiger partial charge in [-0.2, -0.15) is 15.0 Å². The molecule has 3 aromatic rings. The summed E-state index contributed by atoms with van der Waals surface area (Å²) in [6.07, 6.45) is 9.58. The zero-order valence-electron chi connectivity index (χ0n) is 23.9. The Morgan fingerprint density at radius 1 is 1.05 bits per heavy atom. The fourth-order valence-electron chi connectivity index (χ4n) is 6.50. The maximum Gasteiger partial charge on any atom is 0.250 e. The van der Waals surface area contributed by atoms with E-state index in [-0.39, 0.29) is 17.2 Å². The number of rotatable bonds is 8. The zero-order chi connectivity index (χ0) is 27.9. The SMILES string of the molecule is CC1CCC(Cn2c(N3CCOC[C@H]3c3ccccc3)nc3nc(S(C)(=O)=O)nc(N[C@H](C)C4CCC4)c32)CC1. The van der Waals surface area contributed by atoms with E-state index in [4.69, 9.17) is 9.72 Å². The lowest BCUT2D eigenvalue weighted by atomic mass is 9.80. The molecule has 1 aromatic carbocycles. The standard InChI is InChI=1S/C30H42N6O3S/c1-20-12-14-22(15-13-20)18-36-26-27(31-21(2)23-10-7-11-23)32-29(40(3,37)38)33-28(26)34-30(36)35-16-17-39-19-25(35)24-8-5-4-6-9-24/h4-6,8-9,20-23,25H,7,10-19H2,1-3H3,(H,31,32,33)/t20?,21-,22?,25+/m1/s1. The van der Waals surface area contributed by atoms with E-state index in [1.165, 1.54) is 56.8 Å². The van der Waals surface area contributed by atoms with Crippen molar-refractivity contribution in [3.63, 3.8) is 0 Å². The van der Waals surface area contributed by atoms with Gasteiger partial charge in [-0.25, -0.2) is 8.42 Å².